The maximum atomic E-state index is 4.37. The molecule has 1 aromatic heterocycles. The molecular formula is C14H18N2S. The number of hydrogen-bond donors (Lipinski definition) is 2. The second-order valence-corrected chi connectivity index (χ2v) is 4.84. The van der Waals surface area contributed by atoms with Gasteiger partial charge in [-0.3, -0.25) is 0 Å². The Kier molecular flexibility index (Phi) is 3.57. The number of hydrogen-bond acceptors (Lipinski definition) is 2. The molecule has 3 heteroatoms. The normalized spacial score (nSPS) is 10.8. The zero-order valence-electron chi connectivity index (χ0n) is 10.5. The number of imidazole rings is 1. The number of nitrogens with zero attached hydrogens (tertiary/aromatic N) is 1. The first-order valence-corrected chi connectivity index (χ1v) is 6.48. The number of aromatic amines is 1. The minimum absolute atomic E-state index is 0.818. The van der Waals surface area contributed by atoms with Gasteiger partial charge < -0.3 is 4.98 Å². The molecule has 0 aliphatic carbocycles. The van der Waals surface area contributed by atoms with Crippen LogP contribution in [0.25, 0.3) is 11.3 Å². The molecule has 0 amide bonds. The molecule has 17 heavy (non-hydrogen) atoms. The highest BCUT2D eigenvalue weighted by Gasteiger charge is 2.08. The van der Waals surface area contributed by atoms with E-state index >= 15 is 0 Å². The van der Waals surface area contributed by atoms with Crippen LogP contribution in [0, 0.1) is 20.8 Å². The van der Waals surface area contributed by atoms with Gasteiger partial charge >= 0.3 is 0 Å². The Morgan fingerprint density at radius 2 is 1.94 bits per heavy atom. The van der Waals surface area contributed by atoms with Gasteiger partial charge in [0.05, 0.1) is 11.9 Å². The molecule has 90 valence electrons. The minimum Gasteiger partial charge on any atom is -0.342 e. The van der Waals surface area contributed by atoms with Gasteiger partial charge in [0, 0.05) is 12.0 Å². The first-order chi connectivity index (χ1) is 8.13. The largest absolute Gasteiger partial charge is 0.342 e. The average Bonchev–Trinajstić information content (AvgIpc) is 2.75. The Labute approximate surface area is 108 Å². The highest BCUT2D eigenvalue weighted by Crippen LogP contribution is 2.26. The summed E-state index contributed by atoms with van der Waals surface area (Å²) in [5.74, 6) is 1.83. The van der Waals surface area contributed by atoms with E-state index in [0.29, 0.717) is 0 Å². The van der Waals surface area contributed by atoms with Crippen LogP contribution in [0.4, 0.5) is 0 Å². The second kappa shape index (κ2) is 4.96. The smallest absolute Gasteiger partial charge is 0.107 e. The van der Waals surface area contributed by atoms with Crippen molar-refractivity contribution in [3.8, 4) is 11.3 Å². The number of aromatic nitrogens is 2. The number of aryl methyl sites for hydroxylation is 2. The molecule has 0 unspecified atom stereocenters. The van der Waals surface area contributed by atoms with Crippen molar-refractivity contribution in [1.29, 1.82) is 0 Å². The third kappa shape index (κ3) is 2.39. The van der Waals surface area contributed by atoms with Gasteiger partial charge in [-0.05, 0) is 43.2 Å². The van der Waals surface area contributed by atoms with E-state index in [4.69, 9.17) is 0 Å². The van der Waals surface area contributed by atoms with Gasteiger partial charge in [-0.15, -0.1) is 0 Å². The van der Waals surface area contributed by atoms with Crippen LogP contribution in [0.2, 0.25) is 0 Å². The van der Waals surface area contributed by atoms with Crippen LogP contribution in [-0.4, -0.2) is 15.7 Å². The zero-order valence-corrected chi connectivity index (χ0v) is 11.4. The van der Waals surface area contributed by atoms with Gasteiger partial charge in [0.25, 0.3) is 0 Å². The summed E-state index contributed by atoms with van der Waals surface area (Å²) < 4.78 is 0. The van der Waals surface area contributed by atoms with Crippen molar-refractivity contribution < 1.29 is 0 Å². The fourth-order valence-electron chi connectivity index (χ4n) is 1.98. The van der Waals surface area contributed by atoms with Crippen molar-refractivity contribution >= 4 is 12.6 Å². The first kappa shape index (κ1) is 12.2. The van der Waals surface area contributed by atoms with Crippen LogP contribution >= 0.6 is 12.6 Å². The van der Waals surface area contributed by atoms with Crippen LogP contribution in [-0.2, 0) is 6.42 Å². The summed E-state index contributed by atoms with van der Waals surface area (Å²) in [6.45, 7) is 6.47. The Hall–Kier alpha value is -1.22. The molecule has 1 heterocycles. The molecule has 2 nitrogen and oxygen atoms in total. The summed E-state index contributed by atoms with van der Waals surface area (Å²) >= 11 is 4.22. The van der Waals surface area contributed by atoms with E-state index in [1.54, 1.807) is 0 Å². The van der Waals surface area contributed by atoms with Crippen molar-refractivity contribution in [2.24, 2.45) is 0 Å². The van der Waals surface area contributed by atoms with Gasteiger partial charge in [-0.25, -0.2) is 4.98 Å². The van der Waals surface area contributed by atoms with Gasteiger partial charge in [0.15, 0.2) is 0 Å². The number of rotatable bonds is 3. The van der Waals surface area contributed by atoms with Crippen molar-refractivity contribution in [1.82, 2.24) is 9.97 Å². The second-order valence-electron chi connectivity index (χ2n) is 4.40. The first-order valence-electron chi connectivity index (χ1n) is 5.85. The summed E-state index contributed by atoms with van der Waals surface area (Å²) in [4.78, 5) is 7.73. The van der Waals surface area contributed by atoms with E-state index in [-0.39, 0.29) is 0 Å². The molecule has 0 spiro atoms. The zero-order chi connectivity index (χ0) is 12.4. The molecule has 1 N–H and O–H groups in total. The van der Waals surface area contributed by atoms with Crippen LogP contribution in [0.3, 0.4) is 0 Å². The van der Waals surface area contributed by atoms with Crippen LogP contribution in [0.5, 0.6) is 0 Å². The molecule has 0 fully saturated rings. The van der Waals surface area contributed by atoms with Crippen molar-refractivity contribution in [2.45, 2.75) is 27.2 Å². The Morgan fingerprint density at radius 3 is 2.65 bits per heavy atom. The predicted molar refractivity (Wildman–Crippen MR) is 75.8 cm³/mol. The molecule has 0 aliphatic rings. The molecule has 0 aliphatic heterocycles. The third-order valence-electron chi connectivity index (χ3n) is 3.33. The quantitative estimate of drug-likeness (QED) is 0.798. The number of thiol groups is 1. The summed E-state index contributed by atoms with van der Waals surface area (Å²) in [5.41, 5.74) is 6.36. The molecule has 0 saturated carbocycles. The molecule has 0 saturated heterocycles. The fraction of sp³-hybridized carbons (Fsp3) is 0.357. The van der Waals surface area contributed by atoms with Crippen LogP contribution in [0.1, 0.15) is 22.5 Å². The number of nitrogens with one attached hydrogen (secondary N) is 1. The summed E-state index contributed by atoms with van der Waals surface area (Å²) in [7, 11) is 0. The lowest BCUT2D eigenvalue weighted by Crippen LogP contribution is -1.92. The SMILES string of the molecule is Cc1ccc(-c2cnc(CCS)[nH]2)c(C)c1C. The van der Waals surface area contributed by atoms with Crippen molar-refractivity contribution in [3.05, 3.63) is 40.8 Å². The fourth-order valence-corrected chi connectivity index (χ4v) is 2.19. The van der Waals surface area contributed by atoms with Crippen LogP contribution < -0.4 is 0 Å². The molecule has 2 rings (SSSR count). The highest BCUT2D eigenvalue weighted by atomic mass is 32.1. The lowest BCUT2D eigenvalue weighted by atomic mass is 9.97. The number of H-pyrrole nitrogens is 1. The summed E-state index contributed by atoms with van der Waals surface area (Å²) in [6.07, 6.45) is 2.79. The standard InChI is InChI=1S/C14H18N2S/c1-9-4-5-12(11(3)10(9)2)13-8-15-14(16-13)6-7-17/h4-5,8,17H,6-7H2,1-3H3,(H,15,16). The van der Waals surface area contributed by atoms with Gasteiger partial charge in [0.2, 0.25) is 0 Å². The molecule has 2 aromatic rings. The molecule has 1 aromatic carbocycles. The van der Waals surface area contributed by atoms with E-state index in [2.05, 4.69) is 55.5 Å². The Morgan fingerprint density at radius 1 is 1.18 bits per heavy atom. The van der Waals surface area contributed by atoms with E-state index < -0.39 is 0 Å². The molecule has 0 atom stereocenters. The molecular weight excluding hydrogens is 228 g/mol. The summed E-state index contributed by atoms with van der Waals surface area (Å²) in [5, 5.41) is 0. The van der Waals surface area contributed by atoms with E-state index in [9.17, 15) is 0 Å². The monoisotopic (exact) mass is 246 g/mol. The van der Waals surface area contributed by atoms with Crippen LogP contribution in [0.15, 0.2) is 18.3 Å². The summed E-state index contributed by atoms with van der Waals surface area (Å²) in [6, 6.07) is 4.33. The van der Waals surface area contributed by atoms with E-state index in [1.807, 2.05) is 6.20 Å². The van der Waals surface area contributed by atoms with Crippen molar-refractivity contribution in [2.75, 3.05) is 5.75 Å². The van der Waals surface area contributed by atoms with E-state index in [0.717, 1.165) is 23.7 Å². The average molecular weight is 246 g/mol. The Balaban J connectivity index is 2.42. The maximum Gasteiger partial charge on any atom is 0.107 e. The lowest BCUT2D eigenvalue weighted by Gasteiger charge is -2.09. The van der Waals surface area contributed by atoms with Gasteiger partial charge in [-0.1, -0.05) is 12.1 Å². The lowest BCUT2D eigenvalue weighted by molar-refractivity contribution is 1.00. The topological polar surface area (TPSA) is 28.7 Å². The van der Waals surface area contributed by atoms with Crippen molar-refractivity contribution in [3.63, 3.8) is 0 Å². The third-order valence-corrected chi connectivity index (χ3v) is 3.55. The van der Waals surface area contributed by atoms with Gasteiger partial charge in [0.1, 0.15) is 5.82 Å². The maximum absolute atomic E-state index is 4.37. The molecule has 0 radical (unpaired) electrons. The highest BCUT2D eigenvalue weighted by molar-refractivity contribution is 7.80. The van der Waals surface area contributed by atoms with E-state index in [1.165, 1.54) is 22.3 Å². The predicted octanol–water partition coefficient (Wildman–Crippen LogP) is 3.47. The minimum atomic E-state index is 0.818. The molecule has 0 bridgehead atoms. The Bertz CT molecular complexity index is 529. The van der Waals surface area contributed by atoms with Gasteiger partial charge in [-0.2, -0.15) is 12.6 Å². The number of benzene rings is 1.